The van der Waals surface area contributed by atoms with E-state index in [1.807, 2.05) is 14.7 Å². The van der Waals surface area contributed by atoms with Gasteiger partial charge in [-0.2, -0.15) is 0 Å². The first kappa shape index (κ1) is 16.6. The minimum Gasteiger partial charge on any atom is -0.340 e. The summed E-state index contributed by atoms with van der Waals surface area (Å²) >= 11 is 0. The van der Waals surface area contributed by atoms with Crippen molar-refractivity contribution in [1.82, 2.24) is 19.6 Å². The summed E-state index contributed by atoms with van der Waals surface area (Å²) in [5.41, 5.74) is -0.315. The Kier molecular flexibility index (Phi) is 4.54. The Bertz CT molecular complexity index is 473. The molecule has 1 atom stereocenters. The Hall–Kier alpha value is -1.30. The molecule has 3 fully saturated rings. The maximum Gasteiger partial charge on any atom is 0.320 e. The molecule has 3 aliphatic heterocycles. The molecule has 0 aromatic rings. The molecule has 23 heavy (non-hydrogen) atoms. The molecule has 0 N–H and O–H groups in total. The maximum atomic E-state index is 12.9. The zero-order valence-corrected chi connectivity index (χ0v) is 14.8. The maximum absolute atomic E-state index is 12.9. The first-order valence-electron chi connectivity index (χ1n) is 8.96. The zero-order chi connectivity index (χ0) is 16.6. The summed E-state index contributed by atoms with van der Waals surface area (Å²) in [6.07, 6.45) is 2.82. The van der Waals surface area contributed by atoms with Gasteiger partial charge in [-0.3, -0.25) is 4.79 Å². The molecule has 0 aliphatic carbocycles. The first-order chi connectivity index (χ1) is 10.9. The Labute approximate surface area is 139 Å². The molecule has 0 aromatic heterocycles. The minimum absolute atomic E-state index is 0.129. The molecule has 1 unspecified atom stereocenters. The van der Waals surface area contributed by atoms with Crippen molar-refractivity contribution in [2.24, 2.45) is 5.41 Å². The van der Waals surface area contributed by atoms with Crippen molar-refractivity contribution in [1.29, 1.82) is 0 Å². The first-order valence-corrected chi connectivity index (χ1v) is 8.96. The molecular formula is C17H30N4O2. The van der Waals surface area contributed by atoms with E-state index in [1.165, 1.54) is 0 Å². The van der Waals surface area contributed by atoms with E-state index >= 15 is 0 Å². The lowest BCUT2D eigenvalue weighted by Gasteiger charge is -2.41. The molecule has 3 saturated heterocycles. The quantitative estimate of drug-likeness (QED) is 0.726. The normalized spacial score (nSPS) is 29.9. The van der Waals surface area contributed by atoms with Gasteiger partial charge in [0.25, 0.3) is 0 Å². The predicted molar refractivity (Wildman–Crippen MR) is 89.2 cm³/mol. The molecule has 0 saturated carbocycles. The second-order valence-corrected chi connectivity index (χ2v) is 7.72. The van der Waals surface area contributed by atoms with Crippen molar-refractivity contribution in [3.8, 4) is 0 Å². The molecule has 3 amide bonds. The highest BCUT2D eigenvalue weighted by atomic mass is 16.2. The van der Waals surface area contributed by atoms with Crippen LogP contribution in [-0.4, -0.2) is 90.4 Å². The van der Waals surface area contributed by atoms with Crippen LogP contribution in [-0.2, 0) is 4.79 Å². The van der Waals surface area contributed by atoms with Crippen molar-refractivity contribution < 1.29 is 9.59 Å². The molecular weight excluding hydrogens is 292 g/mol. The molecule has 1 spiro atoms. The van der Waals surface area contributed by atoms with Crippen LogP contribution in [0.25, 0.3) is 0 Å². The summed E-state index contributed by atoms with van der Waals surface area (Å²) in [6.45, 7) is 9.83. The minimum atomic E-state index is -0.315. The van der Waals surface area contributed by atoms with Gasteiger partial charge in [-0.1, -0.05) is 0 Å². The monoisotopic (exact) mass is 322 g/mol. The molecule has 6 heteroatoms. The van der Waals surface area contributed by atoms with Gasteiger partial charge in [0.1, 0.15) is 0 Å². The van der Waals surface area contributed by atoms with Crippen molar-refractivity contribution in [2.75, 3.05) is 52.9 Å². The van der Waals surface area contributed by atoms with Gasteiger partial charge in [-0.15, -0.1) is 0 Å². The van der Waals surface area contributed by atoms with Crippen LogP contribution in [0.4, 0.5) is 4.79 Å². The summed E-state index contributed by atoms with van der Waals surface area (Å²) in [5.74, 6) is 0.271. The Morgan fingerprint density at radius 1 is 1.00 bits per heavy atom. The van der Waals surface area contributed by atoms with E-state index < -0.39 is 0 Å². The van der Waals surface area contributed by atoms with Crippen LogP contribution in [0.5, 0.6) is 0 Å². The number of amides is 3. The lowest BCUT2D eigenvalue weighted by molar-refractivity contribution is -0.147. The molecule has 6 nitrogen and oxygen atoms in total. The number of likely N-dealkylation sites (tertiary alicyclic amines) is 2. The van der Waals surface area contributed by atoms with Crippen LogP contribution in [0.2, 0.25) is 0 Å². The van der Waals surface area contributed by atoms with E-state index in [1.54, 1.807) is 0 Å². The molecule has 3 aliphatic rings. The van der Waals surface area contributed by atoms with Gasteiger partial charge in [-0.05, 0) is 40.2 Å². The van der Waals surface area contributed by atoms with Gasteiger partial charge in [0.05, 0.1) is 5.41 Å². The van der Waals surface area contributed by atoms with Gasteiger partial charge in [0, 0.05) is 51.9 Å². The highest BCUT2D eigenvalue weighted by Crippen LogP contribution is 2.40. The Morgan fingerprint density at radius 3 is 2.35 bits per heavy atom. The third kappa shape index (κ3) is 3.05. The van der Waals surface area contributed by atoms with Crippen molar-refractivity contribution in [3.63, 3.8) is 0 Å². The molecule has 3 heterocycles. The molecule has 0 bridgehead atoms. The number of rotatable bonds is 1. The summed E-state index contributed by atoms with van der Waals surface area (Å²) in [7, 11) is 2.09. The van der Waals surface area contributed by atoms with Crippen LogP contribution < -0.4 is 0 Å². The van der Waals surface area contributed by atoms with Gasteiger partial charge in [0.15, 0.2) is 0 Å². The fourth-order valence-electron chi connectivity index (χ4n) is 4.21. The van der Waals surface area contributed by atoms with E-state index in [9.17, 15) is 9.59 Å². The Morgan fingerprint density at radius 2 is 1.70 bits per heavy atom. The number of carbonyl (C=O) groups is 2. The van der Waals surface area contributed by atoms with Gasteiger partial charge in [0.2, 0.25) is 5.91 Å². The lowest BCUT2D eigenvalue weighted by atomic mass is 9.78. The molecule has 130 valence electrons. The molecule has 3 rings (SSSR count). The molecule has 0 radical (unpaired) electrons. The molecule has 0 aromatic carbocycles. The number of likely N-dealkylation sites (N-methyl/N-ethyl adjacent to an activating group) is 1. The van der Waals surface area contributed by atoms with Gasteiger partial charge >= 0.3 is 6.03 Å². The van der Waals surface area contributed by atoms with Crippen LogP contribution >= 0.6 is 0 Å². The SMILES string of the molecule is CC(C)N1CCCC2(CCN(C(=O)N3CCN(C)CC3)C2)C1=O. The van der Waals surface area contributed by atoms with Gasteiger partial charge in [-0.25, -0.2) is 4.79 Å². The lowest BCUT2D eigenvalue weighted by Crippen LogP contribution is -2.54. The van der Waals surface area contributed by atoms with E-state index in [-0.39, 0.29) is 23.4 Å². The van der Waals surface area contributed by atoms with Crippen LogP contribution in [0.15, 0.2) is 0 Å². The van der Waals surface area contributed by atoms with Crippen molar-refractivity contribution in [2.45, 2.75) is 39.2 Å². The second kappa shape index (κ2) is 6.30. The van der Waals surface area contributed by atoms with Crippen molar-refractivity contribution >= 4 is 11.9 Å². The fraction of sp³-hybridized carbons (Fsp3) is 0.882. The number of hydrogen-bond donors (Lipinski definition) is 0. The van der Waals surface area contributed by atoms with Crippen LogP contribution in [0, 0.1) is 5.41 Å². The average molecular weight is 322 g/mol. The average Bonchev–Trinajstić information content (AvgIpc) is 2.95. The number of nitrogens with zero attached hydrogens (tertiary/aromatic N) is 4. The number of piperazine rings is 1. The zero-order valence-electron chi connectivity index (χ0n) is 14.8. The predicted octanol–water partition coefficient (Wildman–Crippen LogP) is 1.08. The van der Waals surface area contributed by atoms with Crippen LogP contribution in [0.1, 0.15) is 33.1 Å². The largest absolute Gasteiger partial charge is 0.340 e. The number of piperidine rings is 1. The van der Waals surface area contributed by atoms with E-state index in [2.05, 4.69) is 25.8 Å². The van der Waals surface area contributed by atoms with Crippen LogP contribution in [0.3, 0.4) is 0 Å². The highest BCUT2D eigenvalue weighted by Gasteiger charge is 2.50. The van der Waals surface area contributed by atoms with Gasteiger partial charge < -0.3 is 19.6 Å². The topological polar surface area (TPSA) is 47.1 Å². The van der Waals surface area contributed by atoms with E-state index in [0.717, 1.165) is 58.5 Å². The number of hydrogen-bond acceptors (Lipinski definition) is 3. The van der Waals surface area contributed by atoms with E-state index in [4.69, 9.17) is 0 Å². The third-order valence-corrected chi connectivity index (χ3v) is 5.79. The smallest absolute Gasteiger partial charge is 0.320 e. The van der Waals surface area contributed by atoms with E-state index in [0.29, 0.717) is 6.54 Å². The third-order valence-electron chi connectivity index (χ3n) is 5.79. The number of urea groups is 1. The summed E-state index contributed by atoms with van der Waals surface area (Å²) < 4.78 is 0. The summed E-state index contributed by atoms with van der Waals surface area (Å²) in [4.78, 5) is 33.8. The van der Waals surface area contributed by atoms with Crippen molar-refractivity contribution in [3.05, 3.63) is 0 Å². The highest BCUT2D eigenvalue weighted by molar-refractivity contribution is 5.86. The Balaban J connectivity index is 1.65. The fourth-order valence-corrected chi connectivity index (χ4v) is 4.21. The summed E-state index contributed by atoms with van der Waals surface area (Å²) in [5, 5.41) is 0. The standard InChI is InChI=1S/C17H30N4O2/c1-14(2)21-7-4-5-17(15(21)22)6-8-20(13-17)16(23)19-11-9-18(3)10-12-19/h14H,4-13H2,1-3H3. The number of carbonyl (C=O) groups excluding carboxylic acids is 2. The summed E-state index contributed by atoms with van der Waals surface area (Å²) in [6, 6.07) is 0.381. The second-order valence-electron chi connectivity index (χ2n) is 7.72.